The maximum absolute atomic E-state index is 12.3. The van der Waals surface area contributed by atoms with Gasteiger partial charge in [0.2, 0.25) is 5.91 Å². The third kappa shape index (κ3) is 4.15. The fourth-order valence-corrected chi connectivity index (χ4v) is 3.76. The smallest absolute Gasteiger partial charge is 0.340 e. The highest BCUT2D eigenvalue weighted by atomic mass is 32.2. The molecule has 0 radical (unpaired) electrons. The van der Waals surface area contributed by atoms with Crippen molar-refractivity contribution in [2.45, 2.75) is 11.9 Å². The molecule has 25 heavy (non-hydrogen) atoms. The summed E-state index contributed by atoms with van der Waals surface area (Å²) >= 11 is 2.87. The molecule has 128 valence electrons. The molecule has 8 heteroatoms. The van der Waals surface area contributed by atoms with E-state index in [1.807, 2.05) is 11.4 Å². The summed E-state index contributed by atoms with van der Waals surface area (Å²) in [5.41, 5.74) is 0.778. The van der Waals surface area contributed by atoms with Crippen molar-refractivity contribution < 1.29 is 14.3 Å². The zero-order chi connectivity index (χ0) is 17.6. The van der Waals surface area contributed by atoms with E-state index in [0.29, 0.717) is 11.3 Å². The molecule has 0 spiro atoms. The molecule has 1 amide bonds. The van der Waals surface area contributed by atoms with Gasteiger partial charge in [-0.15, -0.1) is 11.3 Å². The van der Waals surface area contributed by atoms with Crippen molar-refractivity contribution in [2.24, 2.45) is 0 Å². The quantitative estimate of drug-likeness (QED) is 0.404. The number of thiophene rings is 1. The highest BCUT2D eigenvalue weighted by molar-refractivity contribution is 8.00. The molecule has 0 saturated heterocycles. The summed E-state index contributed by atoms with van der Waals surface area (Å²) in [5, 5.41) is 6.41. The lowest BCUT2D eigenvalue weighted by molar-refractivity contribution is -0.113. The van der Waals surface area contributed by atoms with E-state index in [0.717, 1.165) is 15.2 Å². The molecule has 1 N–H and O–H groups in total. The van der Waals surface area contributed by atoms with E-state index in [1.165, 1.54) is 29.4 Å². The summed E-state index contributed by atoms with van der Waals surface area (Å²) in [7, 11) is 0. The zero-order valence-electron chi connectivity index (χ0n) is 13.4. The van der Waals surface area contributed by atoms with Gasteiger partial charge in [-0.2, -0.15) is 0 Å². The van der Waals surface area contributed by atoms with Crippen LogP contribution in [0.3, 0.4) is 0 Å². The Labute approximate surface area is 152 Å². The van der Waals surface area contributed by atoms with Gasteiger partial charge in [0, 0.05) is 5.39 Å². The van der Waals surface area contributed by atoms with Crippen LogP contribution in [0.5, 0.6) is 0 Å². The first-order chi connectivity index (χ1) is 12.2. The summed E-state index contributed by atoms with van der Waals surface area (Å²) in [5.74, 6) is -0.496. The Morgan fingerprint density at radius 1 is 1.24 bits per heavy atom. The van der Waals surface area contributed by atoms with Crippen molar-refractivity contribution in [2.75, 3.05) is 17.7 Å². The summed E-state index contributed by atoms with van der Waals surface area (Å²) in [6, 6.07) is 8.72. The lowest BCUT2D eigenvalue weighted by atomic mass is 10.2. The van der Waals surface area contributed by atoms with E-state index in [-0.39, 0.29) is 18.3 Å². The fraction of sp³-hybridized carbons (Fsp3) is 0.176. The molecule has 0 aliphatic rings. The zero-order valence-corrected chi connectivity index (χ0v) is 15.0. The molecule has 3 aromatic rings. The summed E-state index contributed by atoms with van der Waals surface area (Å²) in [4.78, 5) is 33.5. The summed E-state index contributed by atoms with van der Waals surface area (Å²) in [6.45, 7) is 2.02. The third-order valence-electron chi connectivity index (χ3n) is 3.26. The van der Waals surface area contributed by atoms with Crippen molar-refractivity contribution >= 4 is 50.9 Å². The number of hydrogen-bond donors (Lipinski definition) is 1. The van der Waals surface area contributed by atoms with Crippen molar-refractivity contribution in [1.82, 2.24) is 9.97 Å². The molecular formula is C17H15N3O3S2. The van der Waals surface area contributed by atoms with Gasteiger partial charge >= 0.3 is 5.97 Å². The number of esters is 1. The van der Waals surface area contributed by atoms with Crippen molar-refractivity contribution in [3.05, 3.63) is 47.6 Å². The van der Waals surface area contributed by atoms with Crippen molar-refractivity contribution in [3.8, 4) is 0 Å². The number of aromatic nitrogens is 2. The molecule has 6 nitrogen and oxygen atoms in total. The van der Waals surface area contributed by atoms with E-state index in [4.69, 9.17) is 4.74 Å². The van der Waals surface area contributed by atoms with Crippen LogP contribution in [0.4, 0.5) is 5.69 Å². The van der Waals surface area contributed by atoms with E-state index < -0.39 is 5.97 Å². The van der Waals surface area contributed by atoms with E-state index in [9.17, 15) is 9.59 Å². The average Bonchev–Trinajstić information content (AvgIpc) is 3.10. The Bertz CT molecular complexity index is 911. The molecule has 2 aromatic heterocycles. The number of benzene rings is 1. The number of hydrogen-bond acceptors (Lipinski definition) is 7. The largest absolute Gasteiger partial charge is 0.462 e. The third-order valence-corrected chi connectivity index (χ3v) is 5.09. The molecule has 0 aliphatic carbocycles. The van der Waals surface area contributed by atoms with Gasteiger partial charge in [-0.1, -0.05) is 23.9 Å². The fourth-order valence-electron chi connectivity index (χ4n) is 2.18. The second-order valence-corrected chi connectivity index (χ2v) is 6.78. The Morgan fingerprint density at radius 2 is 2.08 bits per heavy atom. The second kappa shape index (κ2) is 8.09. The van der Waals surface area contributed by atoms with Crippen LogP contribution < -0.4 is 5.32 Å². The first-order valence-electron chi connectivity index (χ1n) is 7.56. The van der Waals surface area contributed by atoms with Gasteiger partial charge in [0.25, 0.3) is 0 Å². The number of nitrogens with one attached hydrogen (secondary N) is 1. The minimum absolute atomic E-state index is 0.180. The van der Waals surface area contributed by atoms with Crippen molar-refractivity contribution in [3.63, 3.8) is 0 Å². The number of ether oxygens (including phenoxy) is 1. The monoisotopic (exact) mass is 373 g/mol. The average molecular weight is 373 g/mol. The highest BCUT2D eigenvalue weighted by Crippen LogP contribution is 2.27. The van der Waals surface area contributed by atoms with Gasteiger partial charge in [0.05, 0.1) is 23.6 Å². The predicted octanol–water partition coefficient (Wildman–Crippen LogP) is 3.60. The molecule has 1 aromatic carbocycles. The number of rotatable bonds is 6. The van der Waals surface area contributed by atoms with Crippen LogP contribution in [-0.2, 0) is 9.53 Å². The summed E-state index contributed by atoms with van der Waals surface area (Å²) in [6.07, 6.45) is 1.50. The first kappa shape index (κ1) is 17.4. The molecule has 2 heterocycles. The molecule has 0 bridgehead atoms. The van der Waals surface area contributed by atoms with Gasteiger partial charge < -0.3 is 10.1 Å². The molecular weight excluding hydrogens is 358 g/mol. The normalized spacial score (nSPS) is 10.6. The number of carbonyl (C=O) groups is 2. The van der Waals surface area contributed by atoms with Crippen LogP contribution in [0, 0.1) is 0 Å². The van der Waals surface area contributed by atoms with E-state index in [2.05, 4.69) is 15.3 Å². The molecule has 0 saturated carbocycles. The van der Waals surface area contributed by atoms with E-state index >= 15 is 0 Å². The number of anilines is 1. The number of nitrogens with zero attached hydrogens (tertiary/aromatic N) is 2. The minimum Gasteiger partial charge on any atom is -0.462 e. The number of carbonyl (C=O) groups excluding carboxylic acids is 2. The van der Waals surface area contributed by atoms with Crippen LogP contribution in [0.2, 0.25) is 0 Å². The van der Waals surface area contributed by atoms with Crippen LogP contribution >= 0.6 is 23.1 Å². The van der Waals surface area contributed by atoms with Gasteiger partial charge in [-0.25, -0.2) is 14.8 Å². The van der Waals surface area contributed by atoms with Crippen molar-refractivity contribution in [1.29, 1.82) is 0 Å². The number of fused-ring (bicyclic) bond motifs is 1. The molecule has 3 rings (SSSR count). The second-order valence-electron chi connectivity index (χ2n) is 4.92. The highest BCUT2D eigenvalue weighted by Gasteiger charge is 2.14. The Kier molecular flexibility index (Phi) is 5.62. The molecule has 0 fully saturated rings. The number of para-hydroxylation sites is 1. The summed E-state index contributed by atoms with van der Waals surface area (Å²) < 4.78 is 5.01. The SMILES string of the molecule is CCOC(=O)c1ccccc1NC(=O)CSc1ncnc2sccc12. The standard InChI is InChI=1S/C17H15N3O3S2/c1-2-23-17(22)11-5-3-4-6-13(11)20-14(21)9-25-16-12-7-8-24-15(12)18-10-19-16/h3-8,10H,2,9H2,1H3,(H,20,21). The predicted molar refractivity (Wildman–Crippen MR) is 99.2 cm³/mol. The van der Waals surface area contributed by atoms with Gasteiger partial charge in [0.1, 0.15) is 16.2 Å². The molecule has 0 atom stereocenters. The lowest BCUT2D eigenvalue weighted by Crippen LogP contribution is -2.17. The first-order valence-corrected chi connectivity index (χ1v) is 9.42. The van der Waals surface area contributed by atoms with Crippen LogP contribution in [0.25, 0.3) is 10.2 Å². The van der Waals surface area contributed by atoms with Gasteiger partial charge in [-0.3, -0.25) is 4.79 Å². The number of amides is 1. The maximum atomic E-state index is 12.3. The topological polar surface area (TPSA) is 81.2 Å². The van der Waals surface area contributed by atoms with Gasteiger partial charge in [0.15, 0.2) is 0 Å². The maximum Gasteiger partial charge on any atom is 0.340 e. The van der Waals surface area contributed by atoms with Crippen LogP contribution in [0.1, 0.15) is 17.3 Å². The lowest BCUT2D eigenvalue weighted by Gasteiger charge is -2.10. The van der Waals surface area contributed by atoms with Crippen LogP contribution in [0.15, 0.2) is 47.1 Å². The Balaban J connectivity index is 1.67. The minimum atomic E-state index is -0.457. The number of thioether (sulfide) groups is 1. The molecule has 0 unspecified atom stereocenters. The molecule has 0 aliphatic heterocycles. The van der Waals surface area contributed by atoms with Crippen LogP contribution in [-0.4, -0.2) is 34.2 Å². The Hall–Kier alpha value is -2.45. The Morgan fingerprint density at radius 3 is 2.92 bits per heavy atom. The van der Waals surface area contributed by atoms with Gasteiger partial charge in [-0.05, 0) is 30.5 Å². The van der Waals surface area contributed by atoms with E-state index in [1.54, 1.807) is 31.2 Å².